The van der Waals surface area contributed by atoms with E-state index in [2.05, 4.69) is 31.6 Å². The summed E-state index contributed by atoms with van der Waals surface area (Å²) >= 11 is 0. The molecule has 19 nitrogen and oxygen atoms in total. The Morgan fingerprint density at radius 3 is 2.31 bits per heavy atom. The van der Waals surface area contributed by atoms with E-state index in [1.165, 1.54) is 42.2 Å². The van der Waals surface area contributed by atoms with Crippen LogP contribution in [0.4, 0.5) is 13.2 Å². The zero-order valence-corrected chi connectivity index (χ0v) is 47.7. The van der Waals surface area contributed by atoms with E-state index in [0.717, 1.165) is 28.6 Å². The number of H-pyrrole nitrogens is 1. The molecule has 22 heteroatoms. The van der Waals surface area contributed by atoms with Crippen LogP contribution in [0.15, 0.2) is 115 Å². The van der Waals surface area contributed by atoms with Crippen molar-refractivity contribution < 1.29 is 66.2 Å². The number of ether oxygens (including phenoxy) is 1. The Labute approximate surface area is 490 Å². The number of fused-ring (bicyclic) bond motifs is 1. The Balaban J connectivity index is 1.08. The van der Waals surface area contributed by atoms with E-state index >= 15 is 0 Å². The Kier molecular flexibility index (Phi) is 22.4. The maximum atomic E-state index is 14.8. The molecule has 1 unspecified atom stereocenters. The van der Waals surface area contributed by atoms with Gasteiger partial charge in [-0.05, 0) is 110 Å². The van der Waals surface area contributed by atoms with Crippen molar-refractivity contribution in [2.75, 3.05) is 19.7 Å². The number of cyclic esters (lactones) is 1. The van der Waals surface area contributed by atoms with Gasteiger partial charge in [-0.3, -0.25) is 43.2 Å². The third kappa shape index (κ3) is 18.7. The number of likely N-dealkylation sites (tertiary alicyclic amines) is 1. The van der Waals surface area contributed by atoms with Gasteiger partial charge in [0, 0.05) is 54.9 Å². The second-order valence-corrected chi connectivity index (χ2v) is 22.3. The van der Waals surface area contributed by atoms with Crippen molar-refractivity contribution in [1.29, 1.82) is 0 Å². The minimum absolute atomic E-state index is 0.00881. The standard InChI is InChI=1S/C63H73F3N8O11/c1-37(2)24-52(55(77)32-43(30-44-35-68-50-15-8-7-14-48(44)50)57(79)69-34-41-25-38(3)26-45(28-41)63(64,65)66)72-61(83)54-17-11-22-74(54)62(84)51-16-9-10-23-85-56(78)33-53(73-59(81)49(67)29-40-18-20-46(75)21-19-40)60(82)70-36-47(76)31-42(58(80)71-51)27-39-12-5-4-6-13-39/h4-10,12-15,18-21,25-26,28,35,37,42-43,49,51-54,68,75H,11,16-17,22-24,27,29-34,36,67H2,1-3H3,(H,69,79)(H,70,82)(H,71,80)(H,72,83)(H,73,81)/t42-,43-,49+,51?,52+,53-,54+/m1/s1. The highest BCUT2D eigenvalue weighted by atomic mass is 19.4. The smallest absolute Gasteiger partial charge is 0.416 e. The molecule has 7 rings (SSSR count). The quantitative estimate of drug-likeness (QED) is 0.0375. The number of para-hydroxylation sites is 1. The number of nitrogens with two attached hydrogens (primary N) is 1. The van der Waals surface area contributed by atoms with E-state index in [0.29, 0.717) is 23.1 Å². The number of Topliss-reactive ketones (excluding diaryl/α,β-unsaturated/α-hetero) is 2. The third-order valence-electron chi connectivity index (χ3n) is 15.0. The average molecular weight is 1180 g/mol. The summed E-state index contributed by atoms with van der Waals surface area (Å²) < 4.78 is 46.6. The maximum absolute atomic E-state index is 14.8. The van der Waals surface area contributed by atoms with Crippen molar-refractivity contribution in [1.82, 2.24) is 36.5 Å². The number of carbonyl (C=O) groups excluding carboxylic acids is 9. The van der Waals surface area contributed by atoms with Gasteiger partial charge in [-0.25, -0.2) is 0 Å². The number of aromatic hydroxyl groups is 1. The first kappa shape index (κ1) is 63.9. The van der Waals surface area contributed by atoms with Crippen molar-refractivity contribution in [3.63, 3.8) is 0 Å². The SMILES string of the molecule is Cc1cc(CNC(=O)[C@@H](CC(=O)[C@H](CC(C)C)NC(=O)[C@@H]2CCCN2C(=O)C2CC=CCOC(=O)C[C@@H](NC(=O)[C@@H](N)Cc3ccc(O)cc3)C(=O)NCC(=O)C[C@@H](Cc3ccccc3)C(=O)N2)Cc2c[nH]c3ccccc23)cc(C(F)(F)F)c1. The van der Waals surface area contributed by atoms with E-state index in [1.807, 2.05) is 38.1 Å². The van der Waals surface area contributed by atoms with Crippen LogP contribution in [-0.4, -0.2) is 118 Å². The van der Waals surface area contributed by atoms with Gasteiger partial charge < -0.3 is 52.0 Å². The highest BCUT2D eigenvalue weighted by Crippen LogP contribution is 2.31. The molecule has 0 aliphatic carbocycles. The van der Waals surface area contributed by atoms with E-state index in [-0.39, 0.29) is 81.9 Å². The molecule has 1 saturated heterocycles. The summed E-state index contributed by atoms with van der Waals surface area (Å²) in [5.74, 6) is -8.47. The number of alkyl halides is 3. The molecule has 3 heterocycles. The maximum Gasteiger partial charge on any atom is 0.416 e. The number of carbonyl (C=O) groups is 9. The molecule has 0 spiro atoms. The zero-order chi connectivity index (χ0) is 61.4. The van der Waals surface area contributed by atoms with Crippen LogP contribution < -0.4 is 32.3 Å². The molecule has 5 aromatic rings. The molecule has 2 aliphatic rings. The largest absolute Gasteiger partial charge is 0.508 e. The Morgan fingerprint density at radius 2 is 1.58 bits per heavy atom. The second-order valence-electron chi connectivity index (χ2n) is 22.3. The molecule has 2 aliphatic heterocycles. The number of halogens is 3. The number of aromatic nitrogens is 1. The number of nitrogens with one attached hydrogen (secondary N) is 6. The summed E-state index contributed by atoms with van der Waals surface area (Å²) in [7, 11) is 0. The van der Waals surface area contributed by atoms with Gasteiger partial charge in [-0.15, -0.1) is 0 Å². The predicted octanol–water partition coefficient (Wildman–Crippen LogP) is 5.52. The molecule has 6 amide bonds. The van der Waals surface area contributed by atoms with Crippen LogP contribution in [0.2, 0.25) is 0 Å². The number of aromatic amines is 1. The van der Waals surface area contributed by atoms with Gasteiger partial charge in [0.05, 0.1) is 30.6 Å². The predicted molar refractivity (Wildman–Crippen MR) is 309 cm³/mol. The van der Waals surface area contributed by atoms with Crippen molar-refractivity contribution in [3.8, 4) is 5.75 Å². The molecule has 0 saturated carbocycles. The molecule has 0 radical (unpaired) electrons. The Bertz CT molecular complexity index is 3240. The van der Waals surface area contributed by atoms with Gasteiger partial charge in [-0.1, -0.05) is 98.3 Å². The summed E-state index contributed by atoms with van der Waals surface area (Å²) in [5, 5.41) is 23.8. The van der Waals surface area contributed by atoms with Crippen molar-refractivity contribution in [2.45, 2.75) is 128 Å². The van der Waals surface area contributed by atoms with Gasteiger partial charge in [0.15, 0.2) is 11.6 Å². The molecule has 85 heavy (non-hydrogen) atoms. The summed E-state index contributed by atoms with van der Waals surface area (Å²) in [5.41, 5.74) is 8.67. The summed E-state index contributed by atoms with van der Waals surface area (Å²) in [6, 6.07) is 19.4. The summed E-state index contributed by atoms with van der Waals surface area (Å²) in [6.07, 6.45) is -0.709. The van der Waals surface area contributed by atoms with E-state index in [1.54, 1.807) is 48.7 Å². The van der Waals surface area contributed by atoms with E-state index in [9.17, 15) is 61.4 Å². The lowest BCUT2D eigenvalue weighted by Crippen LogP contribution is -2.56. The van der Waals surface area contributed by atoms with Crippen LogP contribution in [0.25, 0.3) is 10.9 Å². The molecule has 7 atom stereocenters. The molecular formula is C63H73F3N8O11. The first-order valence-corrected chi connectivity index (χ1v) is 28.4. The molecule has 4 aromatic carbocycles. The minimum Gasteiger partial charge on any atom is -0.508 e. The van der Waals surface area contributed by atoms with Gasteiger partial charge >= 0.3 is 12.1 Å². The van der Waals surface area contributed by atoms with Crippen LogP contribution in [0.1, 0.15) is 92.2 Å². The number of aryl methyl sites for hydroxylation is 1. The normalized spacial score (nSPS) is 19.5. The number of nitrogens with zero attached hydrogens (tertiary/aromatic N) is 1. The fourth-order valence-electron chi connectivity index (χ4n) is 10.6. The topological polar surface area (TPSA) is 288 Å². The van der Waals surface area contributed by atoms with Crippen molar-refractivity contribution >= 4 is 63.9 Å². The summed E-state index contributed by atoms with van der Waals surface area (Å²) in [6.45, 7) is 4.11. The van der Waals surface area contributed by atoms with Gasteiger partial charge in [0.25, 0.3) is 0 Å². The van der Waals surface area contributed by atoms with Gasteiger partial charge in [-0.2, -0.15) is 13.2 Å². The summed E-state index contributed by atoms with van der Waals surface area (Å²) in [4.78, 5) is 131. The van der Waals surface area contributed by atoms with Crippen molar-refractivity contribution in [3.05, 3.63) is 149 Å². The molecule has 1 aromatic heterocycles. The number of benzene rings is 4. The minimum atomic E-state index is -4.62. The molecule has 0 bridgehead atoms. The van der Waals surface area contributed by atoms with Crippen molar-refractivity contribution in [2.24, 2.45) is 23.5 Å². The van der Waals surface area contributed by atoms with Crippen LogP contribution >= 0.6 is 0 Å². The second kappa shape index (κ2) is 29.7. The first-order valence-electron chi connectivity index (χ1n) is 28.4. The van der Waals surface area contributed by atoms with Gasteiger partial charge in [0.1, 0.15) is 30.5 Å². The highest BCUT2D eigenvalue weighted by Gasteiger charge is 2.40. The first-order chi connectivity index (χ1) is 40.5. The van der Waals surface area contributed by atoms with Crippen LogP contribution in [0.5, 0.6) is 5.75 Å². The fourth-order valence-corrected chi connectivity index (χ4v) is 10.6. The van der Waals surface area contributed by atoms with Crippen LogP contribution in [0, 0.1) is 24.7 Å². The number of phenolic OH excluding ortho intramolecular Hbond substituents is 1. The number of ketones is 2. The number of rotatable bonds is 19. The van der Waals surface area contributed by atoms with E-state index in [4.69, 9.17) is 10.5 Å². The number of esters is 1. The number of hydrogen-bond donors (Lipinski definition) is 8. The molecule has 452 valence electrons. The van der Waals surface area contributed by atoms with Crippen LogP contribution in [-0.2, 0) is 79.9 Å². The lowest BCUT2D eigenvalue weighted by molar-refractivity contribution is -0.145. The molecular weight excluding hydrogens is 1100 g/mol. The average Bonchev–Trinajstić information content (AvgIpc) is 3.45. The number of hydrogen-bond acceptors (Lipinski definition) is 12. The van der Waals surface area contributed by atoms with E-state index < -0.39 is 126 Å². The fraction of sp³-hybridized carbons (Fsp3) is 0.413. The van der Waals surface area contributed by atoms with Crippen LogP contribution in [0.3, 0.4) is 0 Å². The molecule has 9 N–H and O–H groups in total. The van der Waals surface area contributed by atoms with Gasteiger partial charge in [0.2, 0.25) is 35.4 Å². The zero-order valence-electron chi connectivity index (χ0n) is 47.7. The highest BCUT2D eigenvalue weighted by molar-refractivity contribution is 5.98. The Hall–Kier alpha value is -8.66. The lowest BCUT2D eigenvalue weighted by atomic mass is 9.88. The number of amides is 6. The molecule has 1 fully saturated rings. The number of phenols is 1. The Morgan fingerprint density at radius 1 is 0.847 bits per heavy atom. The lowest BCUT2D eigenvalue weighted by Gasteiger charge is -2.30. The third-order valence-corrected chi connectivity index (χ3v) is 15.0. The monoisotopic (exact) mass is 1170 g/mol.